The monoisotopic (exact) mass is 579 g/mol. The highest BCUT2D eigenvalue weighted by Crippen LogP contribution is 2.18. The van der Waals surface area contributed by atoms with Crippen molar-refractivity contribution in [2.45, 2.75) is 200 Å². The molecule has 1 N–H and O–H groups in total. The first-order chi connectivity index (χ1) is 20.1. The molecule has 242 valence electrons. The molecule has 0 amide bonds. The number of allylic oxidation sites excluding steroid dienone is 2. The Morgan fingerprint density at radius 2 is 0.902 bits per heavy atom. The highest BCUT2D eigenvalue weighted by atomic mass is 16.5. The number of hydrogen-bond acceptors (Lipinski definition) is 3. The van der Waals surface area contributed by atoms with E-state index in [0.717, 1.165) is 32.1 Å². The van der Waals surface area contributed by atoms with Crippen molar-refractivity contribution in [2.24, 2.45) is 5.92 Å². The number of carbonyl (C=O) groups excluding carboxylic acids is 1. The maximum atomic E-state index is 12.0. The molecule has 0 spiro atoms. The van der Waals surface area contributed by atoms with Crippen molar-refractivity contribution in [1.82, 2.24) is 0 Å². The average Bonchev–Trinajstić information content (AvgIpc) is 2.96. The van der Waals surface area contributed by atoms with Crippen LogP contribution in [0.1, 0.15) is 200 Å². The number of aliphatic carboxylic acids is 1. The third-order valence-electron chi connectivity index (χ3n) is 8.27. The Bertz CT molecular complexity index is 585. The Labute approximate surface area is 255 Å². The second-order valence-corrected chi connectivity index (χ2v) is 12.4. The fourth-order valence-corrected chi connectivity index (χ4v) is 5.59. The van der Waals surface area contributed by atoms with Crippen LogP contribution in [-0.4, -0.2) is 23.7 Å². The molecule has 0 heterocycles. The number of esters is 1. The second-order valence-electron chi connectivity index (χ2n) is 12.4. The van der Waals surface area contributed by atoms with E-state index in [-0.39, 0.29) is 12.4 Å². The van der Waals surface area contributed by atoms with Gasteiger partial charge in [0.25, 0.3) is 0 Å². The second kappa shape index (κ2) is 33.2. The van der Waals surface area contributed by atoms with Crippen molar-refractivity contribution in [2.75, 3.05) is 6.61 Å². The number of carboxylic acids is 1. The fraction of sp³-hybridized carbons (Fsp3) is 0.892. The molecule has 41 heavy (non-hydrogen) atoms. The minimum absolute atomic E-state index is 0.123. The van der Waals surface area contributed by atoms with E-state index in [2.05, 4.69) is 19.1 Å². The van der Waals surface area contributed by atoms with E-state index in [1.54, 1.807) is 0 Å². The molecule has 0 aliphatic carbocycles. The summed E-state index contributed by atoms with van der Waals surface area (Å²) in [5, 5.41) is 9.05. The summed E-state index contributed by atoms with van der Waals surface area (Å²) in [5.41, 5.74) is 0. The molecule has 0 aliphatic heterocycles. The van der Waals surface area contributed by atoms with E-state index in [4.69, 9.17) is 9.84 Å². The zero-order valence-electron chi connectivity index (χ0n) is 27.6. The molecule has 1 atom stereocenters. The van der Waals surface area contributed by atoms with Crippen LogP contribution in [0.5, 0.6) is 0 Å². The minimum atomic E-state index is -0.924. The van der Waals surface area contributed by atoms with Gasteiger partial charge >= 0.3 is 11.9 Å². The van der Waals surface area contributed by atoms with Crippen molar-refractivity contribution in [1.29, 1.82) is 0 Å². The van der Waals surface area contributed by atoms with Crippen molar-refractivity contribution < 1.29 is 19.4 Å². The number of hydrogen-bond donors (Lipinski definition) is 1. The molecule has 0 rings (SSSR count). The van der Waals surface area contributed by atoms with E-state index in [1.165, 1.54) is 141 Å². The highest BCUT2D eigenvalue weighted by molar-refractivity contribution is 5.79. The van der Waals surface area contributed by atoms with Gasteiger partial charge in [-0.15, -0.1) is 0 Å². The molecule has 0 bridgehead atoms. The van der Waals surface area contributed by atoms with Gasteiger partial charge in [-0.3, -0.25) is 9.59 Å². The normalized spacial score (nSPS) is 12.2. The quantitative estimate of drug-likeness (QED) is 0.0478. The Kier molecular flexibility index (Phi) is 32.1. The molecule has 0 saturated heterocycles. The Morgan fingerprint density at radius 1 is 0.537 bits per heavy atom. The molecule has 0 aromatic heterocycles. The molecule has 1 unspecified atom stereocenters. The molecule has 4 nitrogen and oxygen atoms in total. The van der Waals surface area contributed by atoms with Gasteiger partial charge in [0, 0.05) is 0 Å². The van der Waals surface area contributed by atoms with Crippen LogP contribution in [0.3, 0.4) is 0 Å². The number of unbranched alkanes of at least 4 members (excludes halogenated alkanes) is 24. The number of carbonyl (C=O) groups is 2. The summed E-state index contributed by atoms with van der Waals surface area (Å²) in [6, 6.07) is 0. The summed E-state index contributed by atoms with van der Waals surface area (Å²) in [5.74, 6) is -1.77. The first kappa shape index (κ1) is 39.7. The summed E-state index contributed by atoms with van der Waals surface area (Å²) in [4.78, 5) is 23.1. The average molecular weight is 579 g/mol. The van der Waals surface area contributed by atoms with E-state index in [9.17, 15) is 9.59 Å². The fourth-order valence-electron chi connectivity index (χ4n) is 5.59. The van der Waals surface area contributed by atoms with Crippen molar-refractivity contribution in [3.63, 3.8) is 0 Å². The Balaban J connectivity index is 3.34. The van der Waals surface area contributed by atoms with Crippen LogP contribution in [-0.2, 0) is 14.3 Å². The first-order valence-corrected chi connectivity index (χ1v) is 18.1. The van der Waals surface area contributed by atoms with Crippen LogP contribution in [0.25, 0.3) is 0 Å². The van der Waals surface area contributed by atoms with Crippen LogP contribution in [0, 0.1) is 5.92 Å². The van der Waals surface area contributed by atoms with Crippen LogP contribution < -0.4 is 0 Å². The van der Waals surface area contributed by atoms with Crippen LogP contribution in [0.4, 0.5) is 0 Å². The zero-order valence-corrected chi connectivity index (χ0v) is 27.6. The van der Waals surface area contributed by atoms with Gasteiger partial charge in [-0.05, 0) is 38.5 Å². The van der Waals surface area contributed by atoms with Crippen LogP contribution >= 0.6 is 0 Å². The largest absolute Gasteiger partial charge is 0.481 e. The third kappa shape index (κ3) is 31.4. The predicted molar refractivity (Wildman–Crippen MR) is 176 cm³/mol. The van der Waals surface area contributed by atoms with Crippen LogP contribution in [0.2, 0.25) is 0 Å². The van der Waals surface area contributed by atoms with Gasteiger partial charge in [-0.1, -0.05) is 167 Å². The van der Waals surface area contributed by atoms with Crippen molar-refractivity contribution in [3.05, 3.63) is 12.2 Å². The van der Waals surface area contributed by atoms with Gasteiger partial charge in [0.05, 0.1) is 18.9 Å². The van der Waals surface area contributed by atoms with E-state index >= 15 is 0 Å². The molecule has 0 aromatic rings. The molecule has 0 fully saturated rings. The molecule has 4 heteroatoms. The molecule has 0 saturated carbocycles. The summed E-state index contributed by atoms with van der Waals surface area (Å²) in [7, 11) is 0. The lowest BCUT2D eigenvalue weighted by molar-refractivity contribution is -0.153. The summed E-state index contributed by atoms with van der Waals surface area (Å²) in [6.45, 7) is 4.61. The van der Waals surface area contributed by atoms with Gasteiger partial charge in [0.1, 0.15) is 0 Å². The van der Waals surface area contributed by atoms with Crippen molar-refractivity contribution in [3.8, 4) is 0 Å². The van der Waals surface area contributed by atoms with Crippen LogP contribution in [0.15, 0.2) is 12.2 Å². The van der Waals surface area contributed by atoms with E-state index in [1.807, 2.05) is 6.92 Å². The van der Waals surface area contributed by atoms with Gasteiger partial charge in [0.2, 0.25) is 0 Å². The molecular weight excluding hydrogens is 508 g/mol. The van der Waals surface area contributed by atoms with Gasteiger partial charge in [0.15, 0.2) is 0 Å². The molecular formula is C37H70O4. The SMILES string of the molecule is CCCCCCCCCCCCCCCCCCCCCCC/C=C/CCCCCC(CC(=O)O)C(=O)OCCC. The third-order valence-corrected chi connectivity index (χ3v) is 8.27. The van der Waals surface area contributed by atoms with Gasteiger partial charge < -0.3 is 9.84 Å². The number of carboxylic acid groups (broad SMARTS) is 1. The standard InChI is InChI=1S/C37H70O4/c1-3-5-6-7-8-9-10-11-12-13-14-15-16-17-18-19-20-21-22-23-24-25-26-27-28-29-30-31-32-35(34-36(38)39)37(40)41-33-4-2/h26-27,35H,3-25,28-34H2,1-2H3,(H,38,39)/b27-26+. The maximum Gasteiger partial charge on any atom is 0.309 e. The molecule has 0 radical (unpaired) electrons. The highest BCUT2D eigenvalue weighted by Gasteiger charge is 2.22. The van der Waals surface area contributed by atoms with E-state index < -0.39 is 11.9 Å². The topological polar surface area (TPSA) is 63.6 Å². The Hall–Kier alpha value is -1.32. The maximum absolute atomic E-state index is 12.0. The first-order valence-electron chi connectivity index (χ1n) is 18.1. The van der Waals surface area contributed by atoms with Crippen molar-refractivity contribution >= 4 is 11.9 Å². The number of ether oxygens (including phenoxy) is 1. The summed E-state index contributed by atoms with van der Waals surface area (Å²) >= 11 is 0. The zero-order chi connectivity index (χ0) is 30.1. The smallest absolute Gasteiger partial charge is 0.309 e. The van der Waals surface area contributed by atoms with Gasteiger partial charge in [-0.25, -0.2) is 0 Å². The number of rotatable bonds is 33. The molecule has 0 aliphatic rings. The summed E-state index contributed by atoms with van der Waals surface area (Å²) in [6.07, 6.45) is 41.1. The lowest BCUT2D eigenvalue weighted by Gasteiger charge is -2.13. The minimum Gasteiger partial charge on any atom is -0.481 e. The summed E-state index contributed by atoms with van der Waals surface area (Å²) < 4.78 is 5.15. The predicted octanol–water partition coefficient (Wildman–Crippen LogP) is 12.1. The lowest BCUT2D eigenvalue weighted by Crippen LogP contribution is -2.21. The van der Waals surface area contributed by atoms with Gasteiger partial charge in [-0.2, -0.15) is 0 Å². The molecule has 0 aromatic carbocycles. The van der Waals surface area contributed by atoms with E-state index in [0.29, 0.717) is 13.0 Å². The lowest BCUT2D eigenvalue weighted by atomic mass is 9.97. The Morgan fingerprint density at radius 3 is 1.27 bits per heavy atom.